The number of aromatic carboxylic acids is 1. The average Bonchev–Trinajstić information content (AvgIpc) is 2.31. The highest BCUT2D eigenvalue weighted by Crippen LogP contribution is 2.22. The van der Waals surface area contributed by atoms with Crippen molar-refractivity contribution in [2.24, 2.45) is 0 Å². The number of carboxylic acid groups (broad SMARTS) is 1. The fourth-order valence-electron chi connectivity index (χ4n) is 1.26. The molecule has 0 heterocycles. The molecule has 7 heteroatoms. The molecule has 0 saturated heterocycles. The van der Waals surface area contributed by atoms with E-state index in [9.17, 15) is 9.59 Å². The van der Waals surface area contributed by atoms with Gasteiger partial charge in [-0.2, -0.15) is 0 Å². The topological polar surface area (TPSA) is 78.4 Å². The van der Waals surface area contributed by atoms with Crippen molar-refractivity contribution in [3.8, 4) is 0 Å². The van der Waals surface area contributed by atoms with E-state index < -0.39 is 5.97 Å². The zero-order valence-electron chi connectivity index (χ0n) is 9.87. The number of carbonyl (C=O) groups excluding carboxylic acids is 1. The number of carboxylic acids is 1. The van der Waals surface area contributed by atoms with Crippen molar-refractivity contribution in [1.82, 2.24) is 5.32 Å². The first-order chi connectivity index (χ1) is 8.90. The maximum absolute atomic E-state index is 11.6. The molecule has 0 aliphatic carbocycles. The van der Waals surface area contributed by atoms with E-state index in [1.165, 1.54) is 18.2 Å². The van der Waals surface area contributed by atoms with E-state index in [4.69, 9.17) is 16.7 Å². The summed E-state index contributed by atoms with van der Waals surface area (Å²) < 4.78 is 0.728. The number of nitrogens with one attached hydrogen (secondary N) is 2. The van der Waals surface area contributed by atoms with E-state index >= 15 is 0 Å². The molecule has 0 aliphatic rings. The summed E-state index contributed by atoms with van der Waals surface area (Å²) in [6.45, 7) is 4.14. The highest BCUT2D eigenvalue weighted by atomic mass is 79.9. The Balaban J connectivity index is 2.65. The lowest BCUT2D eigenvalue weighted by molar-refractivity contribution is -0.115. The molecule has 0 spiro atoms. The van der Waals surface area contributed by atoms with Gasteiger partial charge in [0, 0.05) is 11.0 Å². The molecule has 0 aliphatic heterocycles. The van der Waals surface area contributed by atoms with Crippen LogP contribution in [0.4, 0.5) is 5.69 Å². The third kappa shape index (κ3) is 5.42. The monoisotopic (exact) mass is 346 g/mol. The predicted molar refractivity (Wildman–Crippen MR) is 78.0 cm³/mol. The van der Waals surface area contributed by atoms with Crippen LogP contribution in [-0.4, -0.2) is 30.1 Å². The van der Waals surface area contributed by atoms with Crippen LogP contribution in [0.15, 0.2) is 29.3 Å². The standard InChI is InChI=1S/C12H12BrClN2O3/c1-7(13)5-15-6-11(17)16-10-4-8(12(18)19)2-3-9(10)14/h2-4,15H,1,5-6H2,(H,16,17)(H,18,19). The first kappa shape index (κ1) is 15.7. The number of anilines is 1. The Morgan fingerprint density at radius 2 is 2.05 bits per heavy atom. The second-order valence-corrected chi connectivity index (χ2v) is 5.20. The first-order valence-electron chi connectivity index (χ1n) is 5.27. The molecule has 102 valence electrons. The Bertz CT molecular complexity index is 520. The zero-order chi connectivity index (χ0) is 14.4. The number of benzene rings is 1. The highest BCUT2D eigenvalue weighted by molar-refractivity contribution is 9.11. The molecule has 0 unspecified atom stereocenters. The maximum atomic E-state index is 11.6. The summed E-state index contributed by atoms with van der Waals surface area (Å²) in [6, 6.07) is 4.10. The second kappa shape index (κ2) is 7.28. The molecule has 0 aromatic heterocycles. The van der Waals surface area contributed by atoms with E-state index in [2.05, 4.69) is 33.1 Å². The van der Waals surface area contributed by atoms with Gasteiger partial charge in [-0.05, 0) is 18.2 Å². The molecule has 3 N–H and O–H groups in total. The summed E-state index contributed by atoms with van der Waals surface area (Å²) in [5, 5.41) is 14.5. The van der Waals surface area contributed by atoms with Crippen molar-refractivity contribution in [2.45, 2.75) is 0 Å². The number of amides is 1. The molecule has 1 aromatic carbocycles. The number of rotatable bonds is 6. The maximum Gasteiger partial charge on any atom is 0.335 e. The molecule has 0 atom stereocenters. The summed E-state index contributed by atoms with van der Waals surface area (Å²) in [6.07, 6.45) is 0. The fourth-order valence-corrected chi connectivity index (χ4v) is 1.62. The summed E-state index contributed by atoms with van der Waals surface area (Å²) in [7, 11) is 0. The number of carbonyl (C=O) groups is 2. The van der Waals surface area contributed by atoms with E-state index in [-0.39, 0.29) is 28.7 Å². The van der Waals surface area contributed by atoms with Crippen LogP contribution in [0.2, 0.25) is 5.02 Å². The van der Waals surface area contributed by atoms with Gasteiger partial charge in [-0.1, -0.05) is 34.1 Å². The predicted octanol–water partition coefficient (Wildman–Crippen LogP) is 2.47. The van der Waals surface area contributed by atoms with Crippen molar-refractivity contribution in [2.75, 3.05) is 18.4 Å². The van der Waals surface area contributed by atoms with Crippen LogP contribution >= 0.6 is 27.5 Å². The Morgan fingerprint density at radius 1 is 1.37 bits per heavy atom. The van der Waals surface area contributed by atoms with Crippen LogP contribution < -0.4 is 10.6 Å². The van der Waals surface area contributed by atoms with E-state index in [0.29, 0.717) is 6.54 Å². The second-order valence-electron chi connectivity index (χ2n) is 3.67. The minimum atomic E-state index is -1.08. The Kier molecular flexibility index (Phi) is 6.01. The molecule has 0 bridgehead atoms. The normalized spacial score (nSPS) is 10.0. The van der Waals surface area contributed by atoms with Crippen molar-refractivity contribution >= 4 is 45.1 Å². The molecule has 1 amide bonds. The first-order valence-corrected chi connectivity index (χ1v) is 6.44. The molecule has 19 heavy (non-hydrogen) atoms. The lowest BCUT2D eigenvalue weighted by Crippen LogP contribution is -2.28. The van der Waals surface area contributed by atoms with Gasteiger partial charge < -0.3 is 15.7 Å². The van der Waals surface area contributed by atoms with Crippen molar-refractivity contribution < 1.29 is 14.7 Å². The molecular formula is C12H12BrClN2O3. The van der Waals surface area contributed by atoms with Crippen LogP contribution in [0.5, 0.6) is 0 Å². The van der Waals surface area contributed by atoms with E-state index in [1.807, 2.05) is 0 Å². The SMILES string of the molecule is C=C(Br)CNCC(=O)Nc1cc(C(=O)O)ccc1Cl. The van der Waals surface area contributed by atoms with E-state index in [1.54, 1.807) is 0 Å². The lowest BCUT2D eigenvalue weighted by atomic mass is 10.2. The molecule has 5 nitrogen and oxygen atoms in total. The molecule has 0 saturated carbocycles. The minimum Gasteiger partial charge on any atom is -0.478 e. The summed E-state index contributed by atoms with van der Waals surface area (Å²) in [4.78, 5) is 22.4. The van der Waals surface area contributed by atoms with Gasteiger partial charge in [-0.25, -0.2) is 4.79 Å². The van der Waals surface area contributed by atoms with Crippen LogP contribution in [0, 0.1) is 0 Å². The molecule has 1 aromatic rings. The molecule has 0 radical (unpaired) electrons. The van der Waals surface area contributed by atoms with Gasteiger partial charge in [0.25, 0.3) is 0 Å². The number of hydrogen-bond acceptors (Lipinski definition) is 3. The van der Waals surface area contributed by atoms with Crippen molar-refractivity contribution in [3.63, 3.8) is 0 Å². The fraction of sp³-hybridized carbons (Fsp3) is 0.167. The summed E-state index contributed by atoms with van der Waals surface area (Å²) in [5.41, 5.74) is 0.326. The van der Waals surface area contributed by atoms with Crippen LogP contribution in [-0.2, 0) is 4.79 Å². The Labute approximate surface area is 123 Å². The minimum absolute atomic E-state index is 0.0569. The van der Waals surface area contributed by atoms with Gasteiger partial charge in [0.15, 0.2) is 0 Å². The van der Waals surface area contributed by atoms with Crippen molar-refractivity contribution in [3.05, 3.63) is 39.8 Å². The third-order valence-corrected chi connectivity index (χ3v) is 2.70. The quantitative estimate of drug-likeness (QED) is 0.739. The van der Waals surface area contributed by atoms with Gasteiger partial charge in [-0.15, -0.1) is 0 Å². The summed E-state index contributed by atoms with van der Waals surface area (Å²) in [5.74, 6) is -1.40. The van der Waals surface area contributed by atoms with Gasteiger partial charge in [0.2, 0.25) is 5.91 Å². The van der Waals surface area contributed by atoms with Gasteiger partial charge in [0.05, 0.1) is 22.8 Å². The third-order valence-electron chi connectivity index (χ3n) is 2.09. The lowest BCUT2D eigenvalue weighted by Gasteiger charge is -2.08. The number of halogens is 2. The average molecular weight is 348 g/mol. The Morgan fingerprint density at radius 3 is 2.63 bits per heavy atom. The largest absolute Gasteiger partial charge is 0.478 e. The number of hydrogen-bond donors (Lipinski definition) is 3. The van der Waals surface area contributed by atoms with Crippen molar-refractivity contribution in [1.29, 1.82) is 0 Å². The highest BCUT2D eigenvalue weighted by Gasteiger charge is 2.09. The summed E-state index contributed by atoms with van der Waals surface area (Å²) >= 11 is 9.03. The van der Waals surface area contributed by atoms with Gasteiger partial charge in [0.1, 0.15) is 0 Å². The molecular weight excluding hydrogens is 336 g/mol. The van der Waals surface area contributed by atoms with Gasteiger partial charge in [-0.3, -0.25) is 4.79 Å². The zero-order valence-corrected chi connectivity index (χ0v) is 12.2. The molecule has 0 fully saturated rings. The van der Waals surface area contributed by atoms with Crippen LogP contribution in [0.1, 0.15) is 10.4 Å². The molecule has 1 rings (SSSR count). The van der Waals surface area contributed by atoms with Crippen LogP contribution in [0.3, 0.4) is 0 Å². The smallest absolute Gasteiger partial charge is 0.335 e. The van der Waals surface area contributed by atoms with Gasteiger partial charge >= 0.3 is 5.97 Å². The Hall–Kier alpha value is -1.37. The van der Waals surface area contributed by atoms with Crippen LogP contribution in [0.25, 0.3) is 0 Å². The van der Waals surface area contributed by atoms with E-state index in [0.717, 1.165) is 4.48 Å².